The molecule has 6 nitrogen and oxygen atoms in total. The molecule has 0 spiro atoms. The van der Waals surface area contributed by atoms with E-state index in [0.717, 1.165) is 25.7 Å². The molecule has 5 unspecified atom stereocenters. The molecule has 0 aliphatic rings. The topological polar surface area (TPSA) is 106 Å². The molecule has 0 saturated carbocycles. The van der Waals surface area contributed by atoms with E-state index in [1.54, 1.807) is 0 Å². The fraction of sp³-hybridized carbons (Fsp3) is 1.00. The van der Waals surface area contributed by atoms with Gasteiger partial charge in [-0.15, -0.1) is 0 Å². The molecular formula is C34H73N3O3. The molecule has 0 amide bonds. The highest BCUT2D eigenvalue weighted by Gasteiger charge is 2.37. The van der Waals surface area contributed by atoms with E-state index < -0.39 is 0 Å². The largest absolute Gasteiger partial charge is 0.375 e. The van der Waals surface area contributed by atoms with Crippen molar-refractivity contribution in [2.45, 2.75) is 170 Å². The van der Waals surface area contributed by atoms with Crippen LogP contribution >= 0.6 is 0 Å². The Bertz CT molecular complexity index is 681. The zero-order valence-corrected chi connectivity index (χ0v) is 29.8. The third kappa shape index (κ3) is 14.8. The molecular weight excluding hydrogens is 498 g/mol. The van der Waals surface area contributed by atoms with Crippen molar-refractivity contribution in [2.24, 2.45) is 46.8 Å². The number of rotatable bonds is 20. The van der Waals surface area contributed by atoms with E-state index in [1.165, 1.54) is 0 Å². The molecule has 0 aromatic heterocycles. The number of ether oxygens (including phenoxy) is 3. The molecule has 0 bridgehead atoms. The first-order chi connectivity index (χ1) is 17.7. The van der Waals surface area contributed by atoms with E-state index in [0.29, 0.717) is 31.7 Å². The van der Waals surface area contributed by atoms with Crippen LogP contribution in [0, 0.1) is 29.6 Å². The first-order valence-electron chi connectivity index (χ1n) is 15.9. The Hall–Kier alpha value is -0.240. The first-order valence-corrected chi connectivity index (χ1v) is 15.9. The average Bonchev–Trinajstić information content (AvgIpc) is 2.77. The molecule has 0 aliphatic carbocycles. The zero-order valence-electron chi connectivity index (χ0n) is 29.8. The van der Waals surface area contributed by atoms with Crippen molar-refractivity contribution in [1.29, 1.82) is 0 Å². The molecule has 0 heterocycles. The predicted molar refractivity (Wildman–Crippen MR) is 174 cm³/mol. The zero-order chi connectivity index (χ0) is 32.0. The van der Waals surface area contributed by atoms with Crippen LogP contribution in [0.25, 0.3) is 0 Å². The summed E-state index contributed by atoms with van der Waals surface area (Å²) in [6.45, 7) is 36.6. The number of hydrogen-bond acceptors (Lipinski definition) is 6. The minimum atomic E-state index is -0.283. The average molecular weight is 572 g/mol. The van der Waals surface area contributed by atoms with Gasteiger partial charge in [0, 0.05) is 16.6 Å². The van der Waals surface area contributed by atoms with Gasteiger partial charge in [-0.3, -0.25) is 0 Å². The summed E-state index contributed by atoms with van der Waals surface area (Å²) in [6, 6.07) is 0. The van der Waals surface area contributed by atoms with Crippen LogP contribution in [-0.4, -0.2) is 53.2 Å². The second-order valence-electron chi connectivity index (χ2n) is 16.7. The van der Waals surface area contributed by atoms with E-state index in [4.69, 9.17) is 31.4 Å². The lowest BCUT2D eigenvalue weighted by Gasteiger charge is -2.41. The minimum absolute atomic E-state index is 0.227. The maximum atomic E-state index is 6.56. The van der Waals surface area contributed by atoms with Crippen LogP contribution in [0.4, 0.5) is 0 Å². The van der Waals surface area contributed by atoms with Gasteiger partial charge in [0.2, 0.25) is 0 Å². The van der Waals surface area contributed by atoms with Crippen LogP contribution in [0.15, 0.2) is 0 Å². The maximum absolute atomic E-state index is 6.56. The quantitative estimate of drug-likeness (QED) is 0.141. The summed E-state index contributed by atoms with van der Waals surface area (Å²) in [4.78, 5) is 0. The molecule has 0 aromatic rings. The van der Waals surface area contributed by atoms with Gasteiger partial charge in [-0.25, -0.2) is 0 Å². The van der Waals surface area contributed by atoms with Crippen molar-refractivity contribution in [3.63, 3.8) is 0 Å². The Balaban J connectivity index is 5.71. The van der Waals surface area contributed by atoms with Gasteiger partial charge in [0.25, 0.3) is 0 Å². The minimum Gasteiger partial charge on any atom is -0.375 e. The lowest BCUT2D eigenvalue weighted by Crippen LogP contribution is -2.46. The van der Waals surface area contributed by atoms with Crippen LogP contribution in [0.3, 0.4) is 0 Å². The second kappa shape index (κ2) is 15.0. The summed E-state index contributed by atoms with van der Waals surface area (Å²) in [5.41, 5.74) is 17.6. The molecule has 0 aliphatic heterocycles. The molecule has 0 radical (unpaired) electrons. The Morgan fingerprint density at radius 3 is 1.20 bits per heavy atom. The smallest absolute Gasteiger partial charge is 0.0652 e. The Morgan fingerprint density at radius 2 is 0.875 bits per heavy atom. The molecule has 0 aromatic carbocycles. The number of hydrogen-bond donors (Lipinski definition) is 3. The van der Waals surface area contributed by atoms with Gasteiger partial charge < -0.3 is 31.4 Å². The summed E-state index contributed by atoms with van der Waals surface area (Å²) in [5, 5.41) is 0. The van der Waals surface area contributed by atoms with E-state index in [1.807, 2.05) is 0 Å². The van der Waals surface area contributed by atoms with Gasteiger partial charge in [0.05, 0.1) is 36.6 Å². The van der Waals surface area contributed by atoms with Crippen LogP contribution in [-0.2, 0) is 14.2 Å². The molecule has 242 valence electrons. The van der Waals surface area contributed by atoms with E-state index in [2.05, 4.69) is 111 Å². The van der Waals surface area contributed by atoms with Crippen molar-refractivity contribution < 1.29 is 14.2 Å². The highest BCUT2D eigenvalue weighted by molar-refractivity contribution is 4.89. The Kier molecular flexibility index (Phi) is 14.9. The molecule has 6 heteroatoms. The van der Waals surface area contributed by atoms with Crippen LogP contribution < -0.4 is 17.2 Å². The van der Waals surface area contributed by atoms with Crippen molar-refractivity contribution in [3.05, 3.63) is 0 Å². The first kappa shape index (κ1) is 39.8. The van der Waals surface area contributed by atoms with Gasteiger partial charge in [-0.05, 0) is 131 Å². The molecule has 0 saturated heterocycles. The van der Waals surface area contributed by atoms with Gasteiger partial charge >= 0.3 is 0 Å². The molecule has 0 fully saturated rings. The fourth-order valence-corrected chi connectivity index (χ4v) is 4.68. The summed E-state index contributed by atoms with van der Waals surface area (Å²) in [7, 11) is 0. The highest BCUT2D eigenvalue weighted by Crippen LogP contribution is 2.38. The van der Waals surface area contributed by atoms with Crippen molar-refractivity contribution in [2.75, 3.05) is 19.8 Å². The van der Waals surface area contributed by atoms with Crippen molar-refractivity contribution in [3.8, 4) is 0 Å². The van der Waals surface area contributed by atoms with Crippen LogP contribution in [0.5, 0.6) is 0 Å². The van der Waals surface area contributed by atoms with Crippen molar-refractivity contribution in [1.82, 2.24) is 0 Å². The summed E-state index contributed by atoms with van der Waals surface area (Å²) in [5.74, 6) is 1.53. The fourth-order valence-electron chi connectivity index (χ4n) is 4.68. The summed E-state index contributed by atoms with van der Waals surface area (Å²) in [6.07, 6.45) is 3.82. The van der Waals surface area contributed by atoms with E-state index in [-0.39, 0.29) is 51.2 Å². The van der Waals surface area contributed by atoms with Crippen LogP contribution in [0.2, 0.25) is 0 Å². The van der Waals surface area contributed by atoms with Gasteiger partial charge in [0.1, 0.15) is 0 Å². The molecule has 0 rings (SSSR count). The lowest BCUT2D eigenvalue weighted by atomic mass is 9.76. The van der Waals surface area contributed by atoms with E-state index in [9.17, 15) is 0 Å². The third-order valence-electron chi connectivity index (χ3n) is 10.0. The maximum Gasteiger partial charge on any atom is 0.0652 e. The molecule has 6 N–H and O–H groups in total. The Labute approximate surface area is 250 Å². The summed E-state index contributed by atoms with van der Waals surface area (Å²) < 4.78 is 19.6. The second-order valence-corrected chi connectivity index (χ2v) is 16.7. The summed E-state index contributed by atoms with van der Waals surface area (Å²) >= 11 is 0. The highest BCUT2D eigenvalue weighted by atomic mass is 16.5. The lowest BCUT2D eigenvalue weighted by molar-refractivity contribution is -0.100. The monoisotopic (exact) mass is 572 g/mol. The number of nitrogens with two attached hydrogens (primary N) is 3. The SMILES string of the molecule is CCC(C)(N)C(C)COC(C)(C)C(C)CC(CC(C)(C)OCC(C)C(C)(C)N)CC(C)(C)OCC(C)C(C)(C)N. The standard InChI is InChI=1S/C34H73N3O3/c1-17-34(16,37)27(5)23-40-33(14,15)24(2)18-28(19-29(6,7)38-21-25(3)31(10,11)35)20-30(8,9)39-22-26(4)32(12,13)36/h24-28H,17-23,35-37H2,1-16H3. The van der Waals surface area contributed by atoms with Gasteiger partial charge in [-0.1, -0.05) is 34.6 Å². The van der Waals surface area contributed by atoms with Crippen molar-refractivity contribution >= 4 is 0 Å². The normalized spacial score (nSPS) is 19.6. The molecule has 5 atom stereocenters. The molecule has 40 heavy (non-hydrogen) atoms. The van der Waals surface area contributed by atoms with Gasteiger partial charge in [0.15, 0.2) is 0 Å². The van der Waals surface area contributed by atoms with E-state index >= 15 is 0 Å². The third-order valence-corrected chi connectivity index (χ3v) is 10.0. The van der Waals surface area contributed by atoms with Crippen LogP contribution in [0.1, 0.15) is 136 Å². The van der Waals surface area contributed by atoms with Gasteiger partial charge in [-0.2, -0.15) is 0 Å². The Morgan fingerprint density at radius 1 is 0.525 bits per heavy atom. The predicted octanol–water partition coefficient (Wildman–Crippen LogP) is 7.30.